The lowest BCUT2D eigenvalue weighted by Gasteiger charge is -2.22. The average Bonchev–Trinajstić information content (AvgIpc) is 2.15. The molecule has 1 aromatic carbocycles. The van der Waals surface area contributed by atoms with Gasteiger partial charge in [-0.15, -0.1) is 0 Å². The largest absolute Gasteiger partial charge is 0.481 e. The minimum absolute atomic E-state index is 0. The Bertz CT molecular complexity index is 426. The van der Waals surface area contributed by atoms with Gasteiger partial charge in [-0.1, -0.05) is 31.7 Å². The molecule has 0 aliphatic heterocycles. The summed E-state index contributed by atoms with van der Waals surface area (Å²) in [4.78, 5) is 10.4. The highest BCUT2D eigenvalue weighted by atomic mass is 19.4. The molecule has 0 spiro atoms. The lowest BCUT2D eigenvalue weighted by Crippen LogP contribution is -2.34. The quantitative estimate of drug-likeness (QED) is 0.852. The zero-order chi connectivity index (χ0) is 13.3. The van der Waals surface area contributed by atoms with Crippen LogP contribution in [0, 0.1) is 0 Å². The van der Waals surface area contributed by atoms with Gasteiger partial charge in [0.1, 0.15) is 0 Å². The lowest BCUT2D eigenvalue weighted by atomic mass is 9.99. The topological polar surface area (TPSA) is 37.3 Å². The van der Waals surface area contributed by atoms with Gasteiger partial charge in [0.2, 0.25) is 0 Å². The number of carboxylic acids is 1. The minimum Gasteiger partial charge on any atom is -0.481 e. The van der Waals surface area contributed by atoms with Gasteiger partial charge in [-0.3, -0.25) is 4.79 Å². The third-order valence-electron chi connectivity index (χ3n) is 2.05. The second-order valence-electron chi connectivity index (χ2n) is 3.30. The lowest BCUT2D eigenvalue weighted by molar-refractivity contribution is -0.289. The molecule has 1 rings (SSSR count). The molecule has 0 heterocycles. The molecule has 0 fully saturated rings. The van der Waals surface area contributed by atoms with Crippen LogP contribution in [0.3, 0.4) is 0 Å². The van der Waals surface area contributed by atoms with Crippen molar-refractivity contribution in [3.63, 3.8) is 0 Å². The van der Waals surface area contributed by atoms with Gasteiger partial charge in [-0.2, -0.15) is 22.0 Å². The van der Waals surface area contributed by atoms with Gasteiger partial charge < -0.3 is 5.11 Å². The average molecular weight is 270 g/mol. The van der Waals surface area contributed by atoms with E-state index in [1.54, 1.807) is 0 Å². The van der Waals surface area contributed by atoms with Crippen molar-refractivity contribution in [1.29, 1.82) is 0 Å². The van der Waals surface area contributed by atoms with Gasteiger partial charge in [0.25, 0.3) is 0 Å². The molecule has 102 valence electrons. The first-order chi connectivity index (χ1) is 7.66. The van der Waals surface area contributed by atoms with E-state index in [0.29, 0.717) is 6.07 Å². The van der Waals surface area contributed by atoms with Gasteiger partial charge in [-0.25, -0.2) is 0 Å². The molecule has 1 aromatic rings. The van der Waals surface area contributed by atoms with Crippen LogP contribution in [0.1, 0.15) is 18.6 Å². The van der Waals surface area contributed by atoms with Crippen molar-refractivity contribution >= 4 is 5.97 Å². The number of aliphatic carboxylic acids is 1. The molecule has 1 N–H and O–H groups in total. The summed E-state index contributed by atoms with van der Waals surface area (Å²) < 4.78 is 62.5. The molecular formula is C11H11F5O2. The summed E-state index contributed by atoms with van der Waals surface area (Å²) in [7, 11) is 0. The predicted molar refractivity (Wildman–Crippen MR) is 54.5 cm³/mol. The zero-order valence-corrected chi connectivity index (χ0v) is 8.26. The van der Waals surface area contributed by atoms with Gasteiger partial charge in [0.05, 0.1) is 6.42 Å². The van der Waals surface area contributed by atoms with E-state index in [1.165, 1.54) is 6.07 Å². The molecule has 0 aliphatic carbocycles. The fourth-order valence-electron chi connectivity index (χ4n) is 1.30. The second kappa shape index (κ2) is 5.32. The van der Waals surface area contributed by atoms with Crippen molar-refractivity contribution in [2.75, 3.05) is 0 Å². The normalized spacial score (nSPS) is 11.8. The van der Waals surface area contributed by atoms with Crippen molar-refractivity contribution in [3.8, 4) is 0 Å². The molecule has 0 aliphatic rings. The van der Waals surface area contributed by atoms with Gasteiger partial charge >= 0.3 is 18.1 Å². The van der Waals surface area contributed by atoms with Crippen molar-refractivity contribution in [2.45, 2.75) is 25.9 Å². The Labute approximate surface area is 100 Å². The molecule has 2 nitrogen and oxygen atoms in total. The van der Waals surface area contributed by atoms with E-state index in [1.807, 2.05) is 0 Å². The van der Waals surface area contributed by atoms with E-state index in [2.05, 4.69) is 0 Å². The predicted octanol–water partition coefficient (Wildman–Crippen LogP) is 3.60. The first-order valence-electron chi connectivity index (χ1n) is 4.41. The number of rotatable bonds is 3. The highest BCUT2D eigenvalue weighted by molar-refractivity contribution is 5.70. The number of alkyl halides is 5. The van der Waals surface area contributed by atoms with Crippen LogP contribution in [-0.4, -0.2) is 17.3 Å². The number of hydrogen-bond acceptors (Lipinski definition) is 1. The summed E-state index contributed by atoms with van der Waals surface area (Å²) in [6.45, 7) is 0. The third-order valence-corrected chi connectivity index (χ3v) is 2.05. The van der Waals surface area contributed by atoms with Crippen LogP contribution in [0.4, 0.5) is 22.0 Å². The number of halogens is 5. The molecule has 0 unspecified atom stereocenters. The van der Waals surface area contributed by atoms with Crippen LogP contribution < -0.4 is 0 Å². The maximum absolute atomic E-state index is 13.1. The summed E-state index contributed by atoms with van der Waals surface area (Å²) in [6.07, 6.45) is -6.64. The summed E-state index contributed by atoms with van der Waals surface area (Å²) >= 11 is 0. The second-order valence-corrected chi connectivity index (χ2v) is 3.30. The minimum atomic E-state index is -5.75. The molecular weight excluding hydrogens is 259 g/mol. The summed E-state index contributed by atoms with van der Waals surface area (Å²) in [5.41, 5.74) is -1.88. The fourth-order valence-corrected chi connectivity index (χ4v) is 1.30. The maximum atomic E-state index is 13.1. The van der Waals surface area contributed by atoms with Gasteiger partial charge in [0.15, 0.2) is 0 Å². The van der Waals surface area contributed by atoms with E-state index in [0.717, 1.165) is 12.1 Å². The fraction of sp³-hybridized carbons (Fsp3) is 0.364. The smallest absolute Gasteiger partial charge is 0.458 e. The number of carboxylic acid groups (broad SMARTS) is 1. The molecule has 0 radical (unpaired) electrons. The van der Waals surface area contributed by atoms with E-state index in [4.69, 9.17) is 5.11 Å². The number of carbonyl (C=O) groups is 1. The Kier molecular flexibility index (Phi) is 4.83. The van der Waals surface area contributed by atoms with E-state index >= 15 is 0 Å². The molecule has 0 atom stereocenters. The summed E-state index contributed by atoms with van der Waals surface area (Å²) in [6, 6.07) is 3.71. The highest BCUT2D eigenvalue weighted by Gasteiger charge is 2.59. The Hall–Kier alpha value is -1.66. The SMILES string of the molecule is C.O=C(O)Cc1ccccc1C(F)(F)C(F)(F)F. The Morgan fingerprint density at radius 3 is 2.06 bits per heavy atom. The van der Waals surface area contributed by atoms with Crippen LogP contribution in [-0.2, 0) is 17.1 Å². The highest BCUT2D eigenvalue weighted by Crippen LogP contribution is 2.44. The Balaban J connectivity index is 0.00000289. The first-order valence-corrected chi connectivity index (χ1v) is 4.41. The Morgan fingerprint density at radius 2 is 1.61 bits per heavy atom. The van der Waals surface area contributed by atoms with Gasteiger partial charge in [0, 0.05) is 5.56 Å². The van der Waals surface area contributed by atoms with Crippen LogP contribution >= 0.6 is 0 Å². The molecule has 0 aromatic heterocycles. The number of hydrogen-bond donors (Lipinski definition) is 1. The van der Waals surface area contributed by atoms with Crippen molar-refractivity contribution < 1.29 is 31.9 Å². The number of benzene rings is 1. The van der Waals surface area contributed by atoms with E-state index < -0.39 is 35.6 Å². The van der Waals surface area contributed by atoms with Crippen LogP contribution in [0.15, 0.2) is 24.3 Å². The molecule has 0 amide bonds. The first kappa shape index (κ1) is 16.3. The standard InChI is InChI=1S/C10H7F5O2.CH4/c11-9(12,10(13,14)15)7-4-2-1-3-6(7)5-8(16)17;/h1-4H,5H2,(H,16,17);1H4. The van der Waals surface area contributed by atoms with Crippen LogP contribution in [0.5, 0.6) is 0 Å². The van der Waals surface area contributed by atoms with Crippen LogP contribution in [0.25, 0.3) is 0 Å². The van der Waals surface area contributed by atoms with Crippen molar-refractivity contribution in [1.82, 2.24) is 0 Å². The molecule has 0 saturated heterocycles. The zero-order valence-electron chi connectivity index (χ0n) is 8.26. The van der Waals surface area contributed by atoms with Crippen molar-refractivity contribution in [3.05, 3.63) is 35.4 Å². The Morgan fingerprint density at radius 1 is 1.11 bits per heavy atom. The maximum Gasteiger partial charge on any atom is 0.458 e. The summed E-state index contributed by atoms with van der Waals surface area (Å²) in [5.74, 6) is -6.53. The summed E-state index contributed by atoms with van der Waals surface area (Å²) in [5, 5.41) is 8.43. The molecule has 0 saturated carbocycles. The van der Waals surface area contributed by atoms with E-state index in [9.17, 15) is 26.7 Å². The van der Waals surface area contributed by atoms with E-state index in [-0.39, 0.29) is 7.43 Å². The molecule has 0 bridgehead atoms. The monoisotopic (exact) mass is 270 g/mol. The molecule has 18 heavy (non-hydrogen) atoms. The van der Waals surface area contributed by atoms with Crippen LogP contribution in [0.2, 0.25) is 0 Å². The molecule has 7 heteroatoms. The third kappa shape index (κ3) is 3.18. The van der Waals surface area contributed by atoms with Gasteiger partial charge in [-0.05, 0) is 5.56 Å². The van der Waals surface area contributed by atoms with Crippen molar-refractivity contribution in [2.24, 2.45) is 0 Å².